The van der Waals surface area contributed by atoms with Crippen molar-refractivity contribution in [3.63, 3.8) is 0 Å². The number of amides is 1. The molecule has 1 aliphatic rings. The molecule has 1 amide bonds. The predicted molar refractivity (Wildman–Crippen MR) is 112 cm³/mol. The van der Waals surface area contributed by atoms with E-state index in [0.717, 1.165) is 12.8 Å². The molecule has 0 spiro atoms. The second-order valence-electron chi connectivity index (χ2n) is 8.31. The molecule has 1 saturated heterocycles. The number of hydrogen-bond donors (Lipinski definition) is 0. The zero-order chi connectivity index (χ0) is 22.4. The normalized spacial score (nSPS) is 24.2. The second kappa shape index (κ2) is 10.1. The summed E-state index contributed by atoms with van der Waals surface area (Å²) < 4.78 is 23.3. The van der Waals surface area contributed by atoms with Gasteiger partial charge in [-0.2, -0.15) is 0 Å². The van der Waals surface area contributed by atoms with Crippen molar-refractivity contribution in [3.05, 3.63) is 30.3 Å². The predicted octanol–water partition coefficient (Wildman–Crippen LogP) is 4.06. The Bertz CT molecular complexity index is 837. The lowest BCUT2D eigenvalue weighted by molar-refractivity contribution is -0.121. The van der Waals surface area contributed by atoms with Gasteiger partial charge in [-0.25, -0.2) is 19.1 Å². The van der Waals surface area contributed by atoms with Crippen molar-refractivity contribution >= 4 is 31.5 Å². The van der Waals surface area contributed by atoms with Gasteiger partial charge in [0.1, 0.15) is 0 Å². The molecule has 4 atom stereocenters. The molecule has 0 aliphatic carbocycles. The van der Waals surface area contributed by atoms with E-state index < -0.39 is 19.2 Å². The fourth-order valence-corrected chi connectivity index (χ4v) is 5.15. The summed E-state index contributed by atoms with van der Waals surface area (Å²) in [6.07, 6.45) is 3.28. The van der Waals surface area contributed by atoms with Gasteiger partial charge in [0.15, 0.2) is 0 Å². The molecule has 1 aromatic rings. The van der Waals surface area contributed by atoms with Gasteiger partial charge in [0.2, 0.25) is 6.08 Å². The third-order valence-electron chi connectivity index (χ3n) is 5.85. The summed E-state index contributed by atoms with van der Waals surface area (Å²) in [6, 6.07) is 7.54. The maximum absolute atomic E-state index is 13.2. The molecular formula is C21H29N2O6P. The minimum Gasteiger partial charge on any atom is -0.382 e. The van der Waals surface area contributed by atoms with Crippen LogP contribution in [0.15, 0.2) is 35.3 Å². The SMILES string of the molecule is CC1CCCC(C)(C)N(C(=O)OP(=O)(OC=O)c2ccccc2)CC1C(C)N=C=O. The van der Waals surface area contributed by atoms with Crippen LogP contribution in [0.2, 0.25) is 0 Å². The van der Waals surface area contributed by atoms with Gasteiger partial charge in [0, 0.05) is 18.0 Å². The van der Waals surface area contributed by atoms with E-state index in [1.807, 2.05) is 20.8 Å². The maximum Gasteiger partial charge on any atom is 0.468 e. The molecule has 0 bridgehead atoms. The molecule has 4 unspecified atom stereocenters. The van der Waals surface area contributed by atoms with Gasteiger partial charge in [-0.1, -0.05) is 38.0 Å². The topological polar surface area (TPSA) is 102 Å². The fourth-order valence-electron chi connectivity index (χ4n) is 3.93. The standard InChI is InChI=1S/C21H29N2O6P/c1-16-9-8-12-21(3,4)23(13-19(16)17(2)22-14-24)20(26)29-30(27,28-15-25)18-10-6-5-7-11-18/h5-7,10-11,15-17,19H,8-9,12-13H2,1-4H3. The number of benzene rings is 1. The molecule has 1 fully saturated rings. The minimum atomic E-state index is -4.19. The highest BCUT2D eigenvalue weighted by molar-refractivity contribution is 7.63. The lowest BCUT2D eigenvalue weighted by atomic mass is 9.79. The largest absolute Gasteiger partial charge is 0.468 e. The molecule has 1 aliphatic heterocycles. The molecule has 2 rings (SSSR count). The van der Waals surface area contributed by atoms with Crippen molar-refractivity contribution in [1.82, 2.24) is 4.90 Å². The quantitative estimate of drug-likeness (QED) is 0.288. The summed E-state index contributed by atoms with van der Waals surface area (Å²) in [5.41, 5.74) is -0.594. The molecule has 30 heavy (non-hydrogen) atoms. The van der Waals surface area contributed by atoms with Gasteiger partial charge >= 0.3 is 20.2 Å². The van der Waals surface area contributed by atoms with Crippen molar-refractivity contribution in [2.45, 2.75) is 58.5 Å². The van der Waals surface area contributed by atoms with Crippen LogP contribution in [0.1, 0.15) is 47.0 Å². The Labute approximate surface area is 177 Å². The highest BCUT2D eigenvalue weighted by Gasteiger charge is 2.42. The van der Waals surface area contributed by atoms with E-state index in [1.165, 1.54) is 17.0 Å². The molecule has 0 aromatic heterocycles. The highest BCUT2D eigenvalue weighted by atomic mass is 31.2. The van der Waals surface area contributed by atoms with Crippen molar-refractivity contribution in [2.24, 2.45) is 16.8 Å². The Morgan fingerprint density at radius 3 is 2.63 bits per heavy atom. The highest BCUT2D eigenvalue weighted by Crippen LogP contribution is 2.47. The first-order chi connectivity index (χ1) is 14.1. The molecule has 1 aromatic carbocycles. The first-order valence-electron chi connectivity index (χ1n) is 10.0. The molecular weight excluding hydrogens is 407 g/mol. The lowest BCUT2D eigenvalue weighted by Gasteiger charge is -2.44. The van der Waals surface area contributed by atoms with E-state index in [9.17, 15) is 18.9 Å². The minimum absolute atomic E-state index is 0.0193. The summed E-state index contributed by atoms with van der Waals surface area (Å²) >= 11 is 0. The number of hydrogen-bond acceptors (Lipinski definition) is 7. The molecule has 0 radical (unpaired) electrons. The Hall–Kier alpha value is -2.43. The van der Waals surface area contributed by atoms with Crippen molar-refractivity contribution < 1.29 is 28.0 Å². The first kappa shape index (κ1) is 23.8. The average molecular weight is 436 g/mol. The van der Waals surface area contributed by atoms with E-state index >= 15 is 0 Å². The molecule has 9 heteroatoms. The van der Waals surface area contributed by atoms with Gasteiger partial charge in [0.25, 0.3) is 0 Å². The van der Waals surface area contributed by atoms with Crippen LogP contribution in [0.4, 0.5) is 4.79 Å². The Morgan fingerprint density at radius 1 is 1.37 bits per heavy atom. The second-order valence-corrected chi connectivity index (χ2v) is 10.2. The number of carbonyl (C=O) groups is 2. The number of isocyanates is 1. The smallest absolute Gasteiger partial charge is 0.382 e. The number of carbonyl (C=O) groups excluding carboxylic acids is 3. The molecule has 0 N–H and O–H groups in total. The monoisotopic (exact) mass is 436 g/mol. The van der Waals surface area contributed by atoms with Gasteiger partial charge in [-0.15, -0.1) is 0 Å². The van der Waals surface area contributed by atoms with Crippen LogP contribution in [0.3, 0.4) is 0 Å². The summed E-state index contributed by atoms with van der Waals surface area (Å²) in [5.74, 6) is 0.0947. The first-order valence-corrected chi connectivity index (χ1v) is 11.5. The van der Waals surface area contributed by atoms with Crippen LogP contribution >= 0.6 is 7.60 Å². The summed E-state index contributed by atoms with van der Waals surface area (Å²) in [7, 11) is -4.19. The van der Waals surface area contributed by atoms with Crippen LogP contribution in [0, 0.1) is 11.8 Å². The molecule has 1 heterocycles. The van der Waals surface area contributed by atoms with Crippen molar-refractivity contribution in [1.29, 1.82) is 0 Å². The van der Waals surface area contributed by atoms with Crippen LogP contribution in [-0.4, -0.2) is 41.7 Å². The Kier molecular flexibility index (Phi) is 7.99. The lowest BCUT2D eigenvalue weighted by Crippen LogP contribution is -2.53. The number of rotatable bonds is 6. The zero-order valence-electron chi connectivity index (χ0n) is 17.8. The van der Waals surface area contributed by atoms with E-state index in [-0.39, 0.29) is 36.2 Å². The summed E-state index contributed by atoms with van der Waals surface area (Å²) in [5, 5.41) is 0.110. The zero-order valence-corrected chi connectivity index (χ0v) is 18.7. The third-order valence-corrected chi connectivity index (χ3v) is 7.54. The van der Waals surface area contributed by atoms with E-state index in [2.05, 4.69) is 11.9 Å². The van der Waals surface area contributed by atoms with Crippen LogP contribution in [0.5, 0.6) is 0 Å². The average Bonchev–Trinajstić information content (AvgIpc) is 2.68. The molecule has 164 valence electrons. The molecule has 8 nitrogen and oxygen atoms in total. The van der Waals surface area contributed by atoms with Crippen molar-refractivity contribution in [3.8, 4) is 0 Å². The van der Waals surface area contributed by atoms with Crippen molar-refractivity contribution in [2.75, 3.05) is 6.54 Å². The number of aliphatic imine (C=N–C) groups is 1. The molecule has 0 saturated carbocycles. The summed E-state index contributed by atoms with van der Waals surface area (Å²) in [4.78, 5) is 40.3. The van der Waals surface area contributed by atoms with Crippen LogP contribution in [0.25, 0.3) is 0 Å². The third kappa shape index (κ3) is 5.59. The van der Waals surface area contributed by atoms with Gasteiger partial charge in [-0.05, 0) is 45.2 Å². The van der Waals surface area contributed by atoms with E-state index in [1.54, 1.807) is 24.3 Å². The van der Waals surface area contributed by atoms with Gasteiger partial charge in [-0.3, -0.25) is 4.79 Å². The van der Waals surface area contributed by atoms with Crippen LogP contribution in [-0.2, 0) is 23.2 Å². The van der Waals surface area contributed by atoms with Gasteiger partial charge in [0.05, 0.1) is 11.3 Å². The number of likely N-dealkylation sites (tertiary alicyclic amines) is 1. The maximum atomic E-state index is 13.2. The fraction of sp³-hybridized carbons (Fsp3) is 0.571. The van der Waals surface area contributed by atoms with Crippen LogP contribution < -0.4 is 5.30 Å². The van der Waals surface area contributed by atoms with Gasteiger partial charge < -0.3 is 13.9 Å². The van der Waals surface area contributed by atoms with E-state index in [4.69, 9.17) is 9.05 Å². The summed E-state index contributed by atoms with van der Waals surface area (Å²) in [6.45, 7) is 7.97. The Morgan fingerprint density at radius 2 is 2.03 bits per heavy atom. The Balaban J connectivity index is 2.37. The van der Waals surface area contributed by atoms with E-state index in [0.29, 0.717) is 6.42 Å². The number of nitrogens with zero attached hydrogens (tertiary/aromatic N) is 2.